The summed E-state index contributed by atoms with van der Waals surface area (Å²) in [6.07, 6.45) is -4.38. The fraction of sp³-hybridized carbons (Fsp3) is 0.500. The summed E-state index contributed by atoms with van der Waals surface area (Å²) in [7, 11) is 1.56. The predicted octanol–water partition coefficient (Wildman–Crippen LogP) is 3.07. The number of carbonyl (C=O) groups excluding carboxylic acids is 1. The first-order valence-corrected chi connectivity index (χ1v) is 6.29. The average Bonchev–Trinajstić information content (AvgIpc) is 2.36. The van der Waals surface area contributed by atoms with Crippen LogP contribution in [-0.2, 0) is 17.5 Å². The van der Waals surface area contributed by atoms with Crippen LogP contribution in [0.1, 0.15) is 25.0 Å². The van der Waals surface area contributed by atoms with E-state index in [2.05, 4.69) is 0 Å². The van der Waals surface area contributed by atoms with Crippen molar-refractivity contribution in [3.05, 3.63) is 35.4 Å². The largest absolute Gasteiger partial charge is 0.416 e. The Hall–Kier alpha value is -1.27. The van der Waals surface area contributed by atoms with Crippen molar-refractivity contribution in [2.75, 3.05) is 7.05 Å². The molecule has 1 aromatic carbocycles. The monoisotopic (exact) mass is 324 g/mol. The van der Waals surface area contributed by atoms with Crippen molar-refractivity contribution in [3.63, 3.8) is 0 Å². The second-order valence-corrected chi connectivity index (χ2v) is 5.04. The van der Waals surface area contributed by atoms with E-state index in [1.54, 1.807) is 27.0 Å². The van der Waals surface area contributed by atoms with Gasteiger partial charge in [0.15, 0.2) is 0 Å². The molecular formula is C14H20ClF3N2O. The van der Waals surface area contributed by atoms with E-state index in [1.165, 1.54) is 11.0 Å². The normalized spacial score (nSPS) is 14.0. The predicted molar refractivity (Wildman–Crippen MR) is 78.0 cm³/mol. The third-order valence-electron chi connectivity index (χ3n) is 3.23. The highest BCUT2D eigenvalue weighted by Crippen LogP contribution is 2.29. The van der Waals surface area contributed by atoms with Gasteiger partial charge in [-0.1, -0.05) is 19.1 Å². The van der Waals surface area contributed by atoms with Gasteiger partial charge in [-0.3, -0.25) is 4.79 Å². The second kappa shape index (κ2) is 7.66. The molecule has 0 spiro atoms. The molecule has 1 rings (SSSR count). The van der Waals surface area contributed by atoms with Crippen molar-refractivity contribution in [1.29, 1.82) is 0 Å². The number of hydrogen-bond acceptors (Lipinski definition) is 2. The van der Waals surface area contributed by atoms with Crippen LogP contribution >= 0.6 is 12.4 Å². The topological polar surface area (TPSA) is 46.3 Å². The van der Waals surface area contributed by atoms with E-state index in [4.69, 9.17) is 5.73 Å². The van der Waals surface area contributed by atoms with Crippen LogP contribution < -0.4 is 5.73 Å². The van der Waals surface area contributed by atoms with Crippen LogP contribution in [0.4, 0.5) is 13.2 Å². The number of rotatable bonds is 4. The van der Waals surface area contributed by atoms with Crippen molar-refractivity contribution in [2.45, 2.75) is 32.6 Å². The first-order valence-electron chi connectivity index (χ1n) is 6.29. The quantitative estimate of drug-likeness (QED) is 0.925. The number of nitrogens with zero attached hydrogens (tertiary/aromatic N) is 1. The lowest BCUT2D eigenvalue weighted by molar-refractivity contribution is -0.137. The molecule has 2 atom stereocenters. The van der Waals surface area contributed by atoms with Gasteiger partial charge < -0.3 is 10.6 Å². The summed E-state index contributed by atoms with van der Waals surface area (Å²) in [6, 6.07) is 4.67. The van der Waals surface area contributed by atoms with Crippen LogP contribution in [0.2, 0.25) is 0 Å². The molecule has 21 heavy (non-hydrogen) atoms. The Morgan fingerprint density at radius 2 is 1.90 bits per heavy atom. The van der Waals surface area contributed by atoms with Gasteiger partial charge in [0.05, 0.1) is 11.5 Å². The lowest BCUT2D eigenvalue weighted by Crippen LogP contribution is -2.39. The molecule has 1 amide bonds. The number of hydrogen-bond donors (Lipinski definition) is 1. The van der Waals surface area contributed by atoms with Crippen molar-refractivity contribution in [3.8, 4) is 0 Å². The lowest BCUT2D eigenvalue weighted by atomic mass is 10.0. The minimum atomic E-state index is -4.38. The summed E-state index contributed by atoms with van der Waals surface area (Å²) in [6.45, 7) is 3.55. The SMILES string of the molecule is CC(N)C(C)C(=O)N(C)Cc1cccc(C(F)(F)F)c1.Cl. The van der Waals surface area contributed by atoms with E-state index >= 15 is 0 Å². The van der Waals surface area contributed by atoms with Gasteiger partial charge in [-0.25, -0.2) is 0 Å². The van der Waals surface area contributed by atoms with E-state index in [9.17, 15) is 18.0 Å². The molecule has 0 radical (unpaired) electrons. The zero-order chi connectivity index (χ0) is 15.5. The summed E-state index contributed by atoms with van der Waals surface area (Å²) in [5.41, 5.74) is 5.38. The molecular weight excluding hydrogens is 305 g/mol. The molecule has 3 nitrogen and oxygen atoms in total. The number of halogens is 4. The molecule has 0 fully saturated rings. The van der Waals surface area contributed by atoms with Crippen molar-refractivity contribution >= 4 is 18.3 Å². The van der Waals surface area contributed by atoms with Crippen LogP contribution in [-0.4, -0.2) is 23.9 Å². The Morgan fingerprint density at radius 3 is 2.38 bits per heavy atom. The van der Waals surface area contributed by atoms with E-state index in [0.29, 0.717) is 5.56 Å². The maximum Gasteiger partial charge on any atom is 0.416 e. The summed E-state index contributed by atoms with van der Waals surface area (Å²) in [4.78, 5) is 13.4. The summed E-state index contributed by atoms with van der Waals surface area (Å²) in [5, 5.41) is 0. The molecule has 2 unspecified atom stereocenters. The van der Waals surface area contributed by atoms with Gasteiger partial charge in [-0.15, -0.1) is 12.4 Å². The van der Waals surface area contributed by atoms with E-state index in [0.717, 1.165) is 12.1 Å². The number of alkyl halides is 3. The first kappa shape index (κ1) is 19.7. The highest BCUT2D eigenvalue weighted by molar-refractivity contribution is 5.85. The van der Waals surface area contributed by atoms with E-state index in [1.807, 2.05) is 0 Å². The van der Waals surface area contributed by atoms with Gasteiger partial charge in [0.25, 0.3) is 0 Å². The molecule has 2 N–H and O–H groups in total. The average molecular weight is 325 g/mol. The molecule has 0 aliphatic carbocycles. The van der Waals surface area contributed by atoms with Crippen molar-refractivity contribution < 1.29 is 18.0 Å². The molecule has 0 bridgehead atoms. The number of carbonyl (C=O) groups is 1. The highest BCUT2D eigenvalue weighted by atomic mass is 35.5. The number of amides is 1. The van der Waals surface area contributed by atoms with Crippen molar-refractivity contribution in [2.24, 2.45) is 11.7 Å². The van der Waals surface area contributed by atoms with Gasteiger partial charge in [0.1, 0.15) is 0 Å². The zero-order valence-electron chi connectivity index (χ0n) is 12.1. The Balaban J connectivity index is 0.00000400. The fourth-order valence-corrected chi connectivity index (χ4v) is 1.77. The maximum atomic E-state index is 12.6. The van der Waals surface area contributed by atoms with Crippen LogP contribution in [0.25, 0.3) is 0 Å². The van der Waals surface area contributed by atoms with Crippen LogP contribution in [0, 0.1) is 5.92 Å². The Kier molecular flexibility index (Phi) is 7.19. The summed E-state index contributed by atoms with van der Waals surface area (Å²) < 4.78 is 37.8. The third-order valence-corrected chi connectivity index (χ3v) is 3.23. The van der Waals surface area contributed by atoms with Gasteiger partial charge >= 0.3 is 6.18 Å². The van der Waals surface area contributed by atoms with Gasteiger partial charge in [0, 0.05) is 19.6 Å². The standard InChI is InChI=1S/C14H19F3N2O.ClH/c1-9(10(2)18)13(20)19(3)8-11-5-4-6-12(7-11)14(15,16)17;/h4-7,9-10H,8,18H2,1-3H3;1H. The van der Waals surface area contributed by atoms with Gasteiger partial charge in [0.2, 0.25) is 5.91 Å². The van der Waals surface area contributed by atoms with Gasteiger partial charge in [-0.05, 0) is 24.6 Å². The van der Waals surface area contributed by atoms with Gasteiger partial charge in [-0.2, -0.15) is 13.2 Å². The molecule has 0 aromatic heterocycles. The maximum absolute atomic E-state index is 12.6. The molecule has 0 heterocycles. The van der Waals surface area contributed by atoms with Crippen LogP contribution in [0.5, 0.6) is 0 Å². The summed E-state index contributed by atoms with van der Waals surface area (Å²) in [5.74, 6) is -0.553. The Bertz CT molecular complexity index is 478. The molecule has 0 aliphatic heterocycles. The zero-order valence-corrected chi connectivity index (χ0v) is 13.0. The molecule has 120 valence electrons. The Morgan fingerprint density at radius 1 is 1.33 bits per heavy atom. The highest BCUT2D eigenvalue weighted by Gasteiger charge is 2.30. The smallest absolute Gasteiger partial charge is 0.341 e. The second-order valence-electron chi connectivity index (χ2n) is 5.04. The first-order chi connectivity index (χ1) is 9.12. The van der Waals surface area contributed by atoms with Crippen LogP contribution in [0.3, 0.4) is 0 Å². The van der Waals surface area contributed by atoms with E-state index < -0.39 is 11.7 Å². The minimum Gasteiger partial charge on any atom is -0.341 e. The number of nitrogens with two attached hydrogens (primary N) is 1. The Labute approximate surface area is 128 Å². The third kappa shape index (κ3) is 5.55. The number of benzene rings is 1. The lowest BCUT2D eigenvalue weighted by Gasteiger charge is -2.23. The molecule has 1 aromatic rings. The minimum absolute atomic E-state index is 0. The molecule has 0 saturated heterocycles. The fourth-order valence-electron chi connectivity index (χ4n) is 1.77. The molecule has 7 heteroatoms. The molecule has 0 aliphatic rings. The van der Waals surface area contributed by atoms with Crippen molar-refractivity contribution in [1.82, 2.24) is 4.90 Å². The van der Waals surface area contributed by atoms with E-state index in [-0.39, 0.29) is 36.8 Å². The van der Waals surface area contributed by atoms with Crippen LogP contribution in [0.15, 0.2) is 24.3 Å². The molecule has 0 saturated carbocycles. The summed E-state index contributed by atoms with van der Waals surface area (Å²) >= 11 is 0.